The zero-order chi connectivity index (χ0) is 15.1. The molecule has 1 aromatic rings. The topological polar surface area (TPSA) is 79.6 Å². The maximum Gasteiger partial charge on any atom is 0.352 e. The van der Waals surface area contributed by atoms with Gasteiger partial charge in [-0.15, -0.1) is 0 Å². The van der Waals surface area contributed by atoms with Crippen LogP contribution in [0.4, 0.5) is 0 Å². The number of carboxylic acid groups (broad SMARTS) is 1. The van der Waals surface area contributed by atoms with Crippen LogP contribution in [0.2, 0.25) is 0 Å². The van der Waals surface area contributed by atoms with Gasteiger partial charge in [0, 0.05) is 24.8 Å². The Morgan fingerprint density at radius 1 is 1.45 bits per heavy atom. The van der Waals surface area contributed by atoms with Crippen molar-refractivity contribution >= 4 is 16.0 Å². The molecule has 0 amide bonds. The molecule has 112 valence electrons. The van der Waals surface area contributed by atoms with Crippen LogP contribution in [0.25, 0.3) is 0 Å². The molecule has 20 heavy (non-hydrogen) atoms. The van der Waals surface area contributed by atoms with Crippen LogP contribution < -0.4 is 0 Å². The minimum absolute atomic E-state index is 0.00502. The number of aromatic nitrogens is 1. The van der Waals surface area contributed by atoms with E-state index < -0.39 is 16.0 Å². The molecule has 1 N–H and O–H groups in total. The molecule has 1 aliphatic heterocycles. The number of nitrogens with zero attached hydrogens (tertiary/aromatic N) is 2. The highest BCUT2D eigenvalue weighted by molar-refractivity contribution is 7.89. The minimum atomic E-state index is -3.61. The van der Waals surface area contributed by atoms with Crippen molar-refractivity contribution in [1.29, 1.82) is 0 Å². The fourth-order valence-corrected chi connectivity index (χ4v) is 4.32. The summed E-state index contributed by atoms with van der Waals surface area (Å²) in [6.07, 6.45) is 3.11. The van der Waals surface area contributed by atoms with E-state index >= 15 is 0 Å². The first-order valence-corrected chi connectivity index (χ1v) is 8.16. The summed E-state index contributed by atoms with van der Waals surface area (Å²) < 4.78 is 28.1. The standard InChI is InChI=1S/C13H20N2O4S/c1-9(2)14-8-11(7-12(14)13(16)17)20(18,19)15-6-4-5-10(15)3/h7-10H,4-6H2,1-3H3,(H,16,17). The van der Waals surface area contributed by atoms with Crippen molar-refractivity contribution in [2.75, 3.05) is 6.54 Å². The Bertz CT molecular complexity index is 618. The third-order valence-corrected chi connectivity index (χ3v) is 5.68. The van der Waals surface area contributed by atoms with Gasteiger partial charge in [0.1, 0.15) is 10.6 Å². The average molecular weight is 300 g/mol. The summed E-state index contributed by atoms with van der Waals surface area (Å²) in [6.45, 7) is 6.02. The van der Waals surface area contributed by atoms with Crippen LogP contribution in [0.15, 0.2) is 17.2 Å². The van der Waals surface area contributed by atoms with E-state index in [0.717, 1.165) is 12.8 Å². The molecule has 1 fully saturated rings. The lowest BCUT2D eigenvalue weighted by Gasteiger charge is -2.20. The van der Waals surface area contributed by atoms with Crippen molar-refractivity contribution in [2.45, 2.75) is 50.6 Å². The molecule has 2 rings (SSSR count). The highest BCUT2D eigenvalue weighted by atomic mass is 32.2. The number of rotatable bonds is 4. The lowest BCUT2D eigenvalue weighted by molar-refractivity contribution is 0.0683. The smallest absolute Gasteiger partial charge is 0.352 e. The van der Waals surface area contributed by atoms with Gasteiger partial charge in [-0.05, 0) is 39.7 Å². The van der Waals surface area contributed by atoms with Gasteiger partial charge in [0.15, 0.2) is 0 Å². The zero-order valence-electron chi connectivity index (χ0n) is 11.9. The number of carboxylic acids is 1. The molecule has 1 unspecified atom stereocenters. The van der Waals surface area contributed by atoms with E-state index in [1.54, 1.807) is 0 Å². The molecule has 0 aliphatic carbocycles. The van der Waals surface area contributed by atoms with Gasteiger partial charge >= 0.3 is 5.97 Å². The fourth-order valence-electron chi connectivity index (χ4n) is 2.59. The summed E-state index contributed by atoms with van der Waals surface area (Å²) >= 11 is 0. The highest BCUT2D eigenvalue weighted by Crippen LogP contribution is 2.28. The van der Waals surface area contributed by atoms with Crippen molar-refractivity contribution in [3.8, 4) is 0 Å². The van der Waals surface area contributed by atoms with E-state index in [-0.39, 0.29) is 22.7 Å². The summed E-state index contributed by atoms with van der Waals surface area (Å²) in [6, 6.07) is 1.11. The Hall–Kier alpha value is -1.34. The molecule has 0 aromatic carbocycles. The second-order valence-corrected chi connectivity index (χ2v) is 7.36. The molecule has 2 heterocycles. The molecule has 7 heteroatoms. The number of hydrogen-bond acceptors (Lipinski definition) is 3. The largest absolute Gasteiger partial charge is 0.477 e. The molecular formula is C13H20N2O4S. The lowest BCUT2D eigenvalue weighted by atomic mass is 10.3. The summed E-state index contributed by atoms with van der Waals surface area (Å²) in [5, 5.41) is 9.18. The van der Waals surface area contributed by atoms with Crippen molar-refractivity contribution in [2.24, 2.45) is 0 Å². The Morgan fingerprint density at radius 3 is 2.50 bits per heavy atom. The van der Waals surface area contributed by atoms with Gasteiger partial charge in [-0.3, -0.25) is 0 Å². The second-order valence-electron chi connectivity index (χ2n) is 5.47. The number of carbonyl (C=O) groups is 1. The monoisotopic (exact) mass is 300 g/mol. The normalized spacial score (nSPS) is 20.7. The van der Waals surface area contributed by atoms with Gasteiger partial charge in [-0.25, -0.2) is 13.2 Å². The fraction of sp³-hybridized carbons (Fsp3) is 0.615. The lowest BCUT2D eigenvalue weighted by Crippen LogP contribution is -2.33. The molecule has 0 saturated carbocycles. The maximum absolute atomic E-state index is 12.6. The molecule has 1 aromatic heterocycles. The third kappa shape index (κ3) is 2.47. The molecule has 0 bridgehead atoms. The van der Waals surface area contributed by atoms with Crippen molar-refractivity contribution < 1.29 is 18.3 Å². The molecular weight excluding hydrogens is 280 g/mol. The average Bonchev–Trinajstić information content (AvgIpc) is 2.94. The van der Waals surface area contributed by atoms with Gasteiger partial charge in [0.25, 0.3) is 0 Å². The van der Waals surface area contributed by atoms with Gasteiger partial charge in [-0.1, -0.05) is 0 Å². The van der Waals surface area contributed by atoms with E-state index in [2.05, 4.69) is 0 Å². The Balaban J connectivity index is 2.47. The van der Waals surface area contributed by atoms with E-state index in [1.807, 2.05) is 20.8 Å². The summed E-state index contributed by atoms with van der Waals surface area (Å²) in [4.78, 5) is 11.3. The molecule has 6 nitrogen and oxygen atoms in total. The van der Waals surface area contributed by atoms with Crippen molar-refractivity contribution in [1.82, 2.24) is 8.87 Å². The number of aromatic carboxylic acids is 1. The molecule has 1 aliphatic rings. The predicted octanol–water partition coefficient (Wildman–Crippen LogP) is 1.94. The third-order valence-electron chi connectivity index (χ3n) is 3.70. The van der Waals surface area contributed by atoms with Crippen LogP contribution in [-0.4, -0.2) is 41.0 Å². The van der Waals surface area contributed by atoms with Crippen LogP contribution in [-0.2, 0) is 10.0 Å². The summed E-state index contributed by atoms with van der Waals surface area (Å²) in [5.41, 5.74) is 0.00502. The van der Waals surface area contributed by atoms with Gasteiger partial charge < -0.3 is 9.67 Å². The molecule has 0 radical (unpaired) electrons. The first-order valence-electron chi connectivity index (χ1n) is 6.72. The van der Waals surface area contributed by atoms with Crippen LogP contribution in [0.1, 0.15) is 50.1 Å². The van der Waals surface area contributed by atoms with Crippen molar-refractivity contribution in [3.63, 3.8) is 0 Å². The highest BCUT2D eigenvalue weighted by Gasteiger charge is 2.34. The summed E-state index contributed by atoms with van der Waals surface area (Å²) in [7, 11) is -3.61. The Labute approximate surface area is 119 Å². The van der Waals surface area contributed by atoms with E-state index in [0.29, 0.717) is 6.54 Å². The number of hydrogen-bond donors (Lipinski definition) is 1. The minimum Gasteiger partial charge on any atom is -0.477 e. The maximum atomic E-state index is 12.6. The quantitative estimate of drug-likeness (QED) is 0.921. The first kappa shape index (κ1) is 15.1. The van der Waals surface area contributed by atoms with Crippen LogP contribution >= 0.6 is 0 Å². The van der Waals surface area contributed by atoms with Crippen LogP contribution in [0, 0.1) is 0 Å². The Kier molecular flexibility index (Phi) is 3.93. The van der Waals surface area contributed by atoms with E-state index in [1.165, 1.54) is 21.1 Å². The van der Waals surface area contributed by atoms with Crippen LogP contribution in [0.3, 0.4) is 0 Å². The van der Waals surface area contributed by atoms with E-state index in [4.69, 9.17) is 0 Å². The molecule has 1 atom stereocenters. The molecule has 0 spiro atoms. The van der Waals surface area contributed by atoms with Crippen molar-refractivity contribution in [3.05, 3.63) is 18.0 Å². The van der Waals surface area contributed by atoms with Gasteiger partial charge in [0.2, 0.25) is 10.0 Å². The second kappa shape index (κ2) is 5.21. The zero-order valence-corrected chi connectivity index (χ0v) is 12.7. The Morgan fingerprint density at radius 2 is 2.10 bits per heavy atom. The van der Waals surface area contributed by atoms with E-state index in [9.17, 15) is 18.3 Å². The predicted molar refractivity (Wildman–Crippen MR) is 74.4 cm³/mol. The van der Waals surface area contributed by atoms with Gasteiger partial charge in [-0.2, -0.15) is 4.31 Å². The SMILES string of the molecule is CC1CCCN1S(=O)(=O)c1cc(C(=O)O)n(C(C)C)c1. The van der Waals surface area contributed by atoms with Crippen LogP contribution in [0.5, 0.6) is 0 Å². The summed E-state index contributed by atoms with van der Waals surface area (Å²) in [5.74, 6) is -1.12. The first-order chi connectivity index (χ1) is 9.25. The van der Waals surface area contributed by atoms with Gasteiger partial charge in [0.05, 0.1) is 0 Å². The molecule has 1 saturated heterocycles. The number of sulfonamides is 1.